The zero-order valence-corrected chi connectivity index (χ0v) is 15.0. The molecule has 0 aromatic heterocycles. The molecule has 0 atom stereocenters. The fourth-order valence-corrected chi connectivity index (χ4v) is 4.56. The van der Waals surface area contributed by atoms with Crippen molar-refractivity contribution in [3.63, 3.8) is 0 Å². The van der Waals surface area contributed by atoms with E-state index < -0.39 is 44.2 Å². The number of amides is 1. The highest BCUT2D eigenvalue weighted by Crippen LogP contribution is 2.27. The lowest BCUT2D eigenvalue weighted by Crippen LogP contribution is -2.25. The highest BCUT2D eigenvalue weighted by atomic mass is 32.2. The van der Waals surface area contributed by atoms with Gasteiger partial charge in [0.1, 0.15) is 5.82 Å². The van der Waals surface area contributed by atoms with Crippen LogP contribution in [0.4, 0.5) is 24.5 Å². The number of nitrogens with one attached hydrogen (secondary N) is 2. The third-order valence-electron chi connectivity index (χ3n) is 4.39. The van der Waals surface area contributed by atoms with Crippen molar-refractivity contribution in [2.45, 2.75) is 30.9 Å². The lowest BCUT2D eigenvalue weighted by atomic mass is 10.1. The molecular weight excluding hydrogens is 381 g/mol. The van der Waals surface area contributed by atoms with Gasteiger partial charge in [0.25, 0.3) is 5.91 Å². The first-order valence-electron chi connectivity index (χ1n) is 8.34. The molecule has 0 spiro atoms. The van der Waals surface area contributed by atoms with Crippen LogP contribution in [-0.4, -0.2) is 19.6 Å². The van der Waals surface area contributed by atoms with Crippen LogP contribution in [0.3, 0.4) is 0 Å². The normalized spacial score (nSPS) is 14.9. The van der Waals surface area contributed by atoms with Crippen molar-refractivity contribution >= 4 is 27.3 Å². The first-order valence-corrected chi connectivity index (χ1v) is 9.88. The van der Waals surface area contributed by atoms with E-state index in [-0.39, 0.29) is 11.4 Å². The molecule has 27 heavy (non-hydrogen) atoms. The van der Waals surface area contributed by atoms with Crippen LogP contribution in [0, 0.1) is 17.5 Å². The molecule has 0 aliphatic heterocycles. The van der Waals surface area contributed by atoms with E-state index in [0.717, 1.165) is 43.2 Å². The summed E-state index contributed by atoms with van der Waals surface area (Å²) < 4.78 is 67.3. The summed E-state index contributed by atoms with van der Waals surface area (Å²) in [7, 11) is -3.63. The summed E-state index contributed by atoms with van der Waals surface area (Å²) in [6.07, 6.45) is 2.77. The topological polar surface area (TPSA) is 75.3 Å². The minimum absolute atomic E-state index is 0.0544. The maximum absolute atomic E-state index is 14.0. The second-order valence-corrected chi connectivity index (χ2v) is 8.29. The Hall–Kier alpha value is -2.55. The van der Waals surface area contributed by atoms with E-state index in [1.54, 1.807) is 0 Å². The minimum Gasteiger partial charge on any atom is -0.322 e. The van der Waals surface area contributed by atoms with E-state index in [1.807, 2.05) is 0 Å². The van der Waals surface area contributed by atoms with Crippen LogP contribution < -0.4 is 10.0 Å². The molecule has 0 heterocycles. The van der Waals surface area contributed by atoms with Gasteiger partial charge in [0.05, 0.1) is 10.8 Å². The van der Waals surface area contributed by atoms with Crippen LogP contribution >= 0.6 is 0 Å². The van der Waals surface area contributed by atoms with Gasteiger partial charge in [0.2, 0.25) is 10.0 Å². The quantitative estimate of drug-likeness (QED) is 0.798. The predicted octanol–water partition coefficient (Wildman–Crippen LogP) is 4.04. The van der Waals surface area contributed by atoms with E-state index in [1.165, 1.54) is 6.07 Å². The largest absolute Gasteiger partial charge is 0.322 e. The van der Waals surface area contributed by atoms with Gasteiger partial charge in [-0.1, -0.05) is 12.8 Å². The van der Waals surface area contributed by atoms with Crippen LogP contribution in [0.1, 0.15) is 36.0 Å². The molecule has 1 aliphatic rings. The molecule has 1 fully saturated rings. The average molecular weight is 398 g/mol. The van der Waals surface area contributed by atoms with E-state index in [2.05, 4.69) is 10.0 Å². The Morgan fingerprint density at radius 1 is 0.889 bits per heavy atom. The Morgan fingerprint density at radius 3 is 2.19 bits per heavy atom. The first-order chi connectivity index (χ1) is 12.8. The second kappa shape index (κ2) is 7.59. The number of carbonyl (C=O) groups is 1. The fraction of sp³-hybridized carbons (Fsp3) is 0.278. The summed E-state index contributed by atoms with van der Waals surface area (Å²) in [5.41, 5.74) is -0.430. The summed E-state index contributed by atoms with van der Waals surface area (Å²) in [6.45, 7) is 0. The van der Waals surface area contributed by atoms with Crippen LogP contribution in [0.2, 0.25) is 0 Å². The summed E-state index contributed by atoms with van der Waals surface area (Å²) in [4.78, 5) is 12.3. The van der Waals surface area contributed by atoms with Crippen molar-refractivity contribution in [3.8, 4) is 0 Å². The van der Waals surface area contributed by atoms with Gasteiger partial charge >= 0.3 is 0 Å². The molecule has 2 aromatic rings. The number of benzene rings is 2. The molecule has 2 N–H and O–H groups in total. The standard InChI is InChI=1S/C18H17F3N2O3S/c19-15-7-6-12(23-27(25,26)13-3-1-2-4-13)9-14(15)18(24)22-11-5-8-16(20)17(21)10-11/h5-10,13,23H,1-4H2,(H,22,24). The van der Waals surface area contributed by atoms with Gasteiger partial charge in [-0.2, -0.15) is 0 Å². The zero-order chi connectivity index (χ0) is 19.6. The van der Waals surface area contributed by atoms with E-state index in [0.29, 0.717) is 12.8 Å². The number of sulfonamides is 1. The van der Waals surface area contributed by atoms with Gasteiger partial charge in [0, 0.05) is 17.4 Å². The van der Waals surface area contributed by atoms with Gasteiger partial charge in [-0.3, -0.25) is 9.52 Å². The number of hydrogen-bond donors (Lipinski definition) is 2. The molecule has 3 rings (SSSR count). The molecule has 0 unspecified atom stereocenters. The Balaban J connectivity index is 1.80. The molecule has 0 radical (unpaired) electrons. The molecular formula is C18H17F3N2O3S. The van der Waals surface area contributed by atoms with Gasteiger partial charge in [0.15, 0.2) is 11.6 Å². The van der Waals surface area contributed by atoms with Crippen LogP contribution in [0.5, 0.6) is 0 Å². The molecule has 144 valence electrons. The number of halogens is 3. The SMILES string of the molecule is O=C(Nc1ccc(F)c(F)c1)c1cc(NS(=O)(=O)C2CCCC2)ccc1F. The fourth-order valence-electron chi connectivity index (χ4n) is 2.98. The lowest BCUT2D eigenvalue weighted by Gasteiger charge is -2.14. The molecule has 2 aromatic carbocycles. The van der Waals surface area contributed by atoms with Crippen molar-refractivity contribution in [1.82, 2.24) is 0 Å². The Morgan fingerprint density at radius 2 is 1.52 bits per heavy atom. The van der Waals surface area contributed by atoms with E-state index >= 15 is 0 Å². The summed E-state index contributed by atoms with van der Waals surface area (Å²) in [5, 5.41) is 1.74. The highest BCUT2D eigenvalue weighted by Gasteiger charge is 2.29. The van der Waals surface area contributed by atoms with Gasteiger partial charge in [-0.25, -0.2) is 21.6 Å². The van der Waals surface area contributed by atoms with E-state index in [9.17, 15) is 26.4 Å². The smallest absolute Gasteiger partial charge is 0.258 e. The highest BCUT2D eigenvalue weighted by molar-refractivity contribution is 7.93. The van der Waals surface area contributed by atoms with Gasteiger partial charge in [-0.15, -0.1) is 0 Å². The zero-order valence-electron chi connectivity index (χ0n) is 14.1. The molecule has 5 nitrogen and oxygen atoms in total. The first kappa shape index (κ1) is 19.2. The monoisotopic (exact) mass is 398 g/mol. The Kier molecular flexibility index (Phi) is 5.41. The summed E-state index contributed by atoms with van der Waals surface area (Å²) in [6, 6.07) is 5.96. The van der Waals surface area contributed by atoms with E-state index in [4.69, 9.17) is 0 Å². The molecule has 9 heteroatoms. The average Bonchev–Trinajstić information content (AvgIpc) is 3.15. The van der Waals surface area contributed by atoms with Crippen molar-refractivity contribution in [2.75, 3.05) is 10.0 Å². The third-order valence-corrected chi connectivity index (χ3v) is 6.26. The maximum Gasteiger partial charge on any atom is 0.258 e. The maximum atomic E-state index is 14.0. The minimum atomic E-state index is -3.63. The summed E-state index contributed by atoms with van der Waals surface area (Å²) in [5.74, 6) is -4.03. The van der Waals surface area contributed by atoms with Gasteiger partial charge < -0.3 is 5.32 Å². The molecule has 1 saturated carbocycles. The Labute approximate surface area is 154 Å². The Bertz CT molecular complexity index is 974. The predicted molar refractivity (Wildman–Crippen MR) is 95.5 cm³/mol. The lowest BCUT2D eigenvalue weighted by molar-refractivity contribution is 0.102. The van der Waals surface area contributed by atoms with Crippen LogP contribution in [0.15, 0.2) is 36.4 Å². The second-order valence-electron chi connectivity index (χ2n) is 6.33. The number of anilines is 2. The molecule has 0 saturated heterocycles. The number of rotatable bonds is 5. The van der Waals surface area contributed by atoms with Crippen LogP contribution in [0.25, 0.3) is 0 Å². The number of hydrogen-bond acceptors (Lipinski definition) is 3. The summed E-state index contributed by atoms with van der Waals surface area (Å²) >= 11 is 0. The van der Waals surface area contributed by atoms with Crippen molar-refractivity contribution in [2.24, 2.45) is 0 Å². The third kappa shape index (κ3) is 4.41. The van der Waals surface area contributed by atoms with Crippen molar-refractivity contribution in [3.05, 3.63) is 59.4 Å². The van der Waals surface area contributed by atoms with Crippen LogP contribution in [-0.2, 0) is 10.0 Å². The molecule has 1 aliphatic carbocycles. The number of carbonyl (C=O) groups excluding carboxylic acids is 1. The van der Waals surface area contributed by atoms with Crippen molar-refractivity contribution < 1.29 is 26.4 Å². The van der Waals surface area contributed by atoms with Crippen molar-refractivity contribution in [1.29, 1.82) is 0 Å². The van der Waals surface area contributed by atoms with Gasteiger partial charge in [-0.05, 0) is 43.2 Å². The molecule has 1 amide bonds. The molecule has 0 bridgehead atoms.